The van der Waals surface area contributed by atoms with Crippen LogP contribution in [0.2, 0.25) is 0 Å². The van der Waals surface area contributed by atoms with Crippen LogP contribution in [-0.4, -0.2) is 26.0 Å². The van der Waals surface area contributed by atoms with Crippen LogP contribution in [0.5, 0.6) is 17.2 Å². The van der Waals surface area contributed by atoms with Crippen molar-refractivity contribution in [1.29, 1.82) is 0 Å². The van der Waals surface area contributed by atoms with Gasteiger partial charge in [-0.25, -0.2) is 8.78 Å². The number of rotatable bonds is 6. The number of aromatic hydroxyl groups is 1. The van der Waals surface area contributed by atoms with Gasteiger partial charge in [0.15, 0.2) is 17.3 Å². The highest BCUT2D eigenvalue weighted by atomic mass is 19.1. The number of nitrogens with one attached hydrogen (secondary N) is 1. The Kier molecular flexibility index (Phi) is 7.13. The van der Waals surface area contributed by atoms with Crippen molar-refractivity contribution in [2.45, 2.75) is 33.6 Å². The van der Waals surface area contributed by atoms with Crippen LogP contribution in [0.3, 0.4) is 0 Å². The van der Waals surface area contributed by atoms with E-state index in [9.17, 15) is 14.3 Å². The molecule has 2 aromatic carbocycles. The highest BCUT2D eigenvalue weighted by Gasteiger charge is 2.21. The van der Waals surface area contributed by atoms with Crippen molar-refractivity contribution in [3.63, 3.8) is 0 Å². The van der Waals surface area contributed by atoms with E-state index < -0.39 is 17.5 Å². The minimum Gasteiger partial charge on any atom is -0.506 e. The molecule has 5 aromatic rings. The Hall–Kier alpha value is -4.92. The van der Waals surface area contributed by atoms with Crippen LogP contribution < -0.4 is 10.1 Å². The molecular formula is C31H26F2N4O3. The molecule has 0 fully saturated rings. The number of amides is 1. The SMILES string of the molecule is Cc1cc(F)ccc1-c1c(C)ncc(C(=O)Nc2ccc(Oc3ccnc4cc(C(C)C)cnc34)c(F)c2)c1O. The summed E-state index contributed by atoms with van der Waals surface area (Å²) >= 11 is 0. The Balaban J connectivity index is 1.39. The molecule has 0 atom stereocenters. The molecule has 202 valence electrons. The van der Waals surface area contributed by atoms with Crippen molar-refractivity contribution in [3.05, 3.63) is 101 Å². The van der Waals surface area contributed by atoms with Crippen molar-refractivity contribution in [1.82, 2.24) is 15.0 Å². The molecule has 7 nitrogen and oxygen atoms in total. The molecule has 0 aliphatic carbocycles. The molecule has 0 saturated heterocycles. The van der Waals surface area contributed by atoms with Gasteiger partial charge in [-0.2, -0.15) is 0 Å². The van der Waals surface area contributed by atoms with Gasteiger partial charge >= 0.3 is 0 Å². The highest BCUT2D eigenvalue weighted by molar-refractivity contribution is 6.07. The summed E-state index contributed by atoms with van der Waals surface area (Å²) in [6.45, 7) is 7.49. The van der Waals surface area contributed by atoms with Gasteiger partial charge in [0.1, 0.15) is 22.6 Å². The predicted octanol–water partition coefficient (Wildman–Crippen LogP) is 7.46. The summed E-state index contributed by atoms with van der Waals surface area (Å²) in [4.78, 5) is 26.1. The molecule has 2 N–H and O–H groups in total. The van der Waals surface area contributed by atoms with Gasteiger partial charge in [-0.15, -0.1) is 0 Å². The number of hydrogen-bond acceptors (Lipinski definition) is 6. The van der Waals surface area contributed by atoms with E-state index in [0.717, 1.165) is 11.6 Å². The molecule has 0 spiro atoms. The lowest BCUT2D eigenvalue weighted by Crippen LogP contribution is -2.13. The van der Waals surface area contributed by atoms with E-state index in [-0.39, 0.29) is 28.7 Å². The van der Waals surface area contributed by atoms with Crippen molar-refractivity contribution in [2.24, 2.45) is 0 Å². The summed E-state index contributed by atoms with van der Waals surface area (Å²) in [5, 5.41) is 13.5. The third-order valence-corrected chi connectivity index (χ3v) is 6.58. The Bertz CT molecular complexity index is 1770. The van der Waals surface area contributed by atoms with Crippen LogP contribution in [0.1, 0.15) is 46.9 Å². The molecule has 0 bridgehead atoms. The highest BCUT2D eigenvalue weighted by Crippen LogP contribution is 2.37. The Morgan fingerprint density at radius 1 is 0.950 bits per heavy atom. The minimum atomic E-state index is -0.713. The number of benzene rings is 2. The van der Waals surface area contributed by atoms with Crippen molar-refractivity contribution in [2.75, 3.05) is 5.32 Å². The van der Waals surface area contributed by atoms with Crippen LogP contribution >= 0.6 is 0 Å². The average molecular weight is 541 g/mol. The topological polar surface area (TPSA) is 97.2 Å². The van der Waals surface area contributed by atoms with Crippen LogP contribution in [0.4, 0.5) is 14.5 Å². The number of aromatic nitrogens is 3. The first-order valence-corrected chi connectivity index (χ1v) is 12.6. The molecule has 0 unspecified atom stereocenters. The number of carbonyl (C=O) groups excluding carboxylic acids is 1. The molecule has 9 heteroatoms. The van der Waals surface area contributed by atoms with Crippen molar-refractivity contribution in [3.8, 4) is 28.4 Å². The number of anilines is 1. The van der Waals surface area contributed by atoms with E-state index in [1.54, 1.807) is 32.3 Å². The van der Waals surface area contributed by atoms with Gasteiger partial charge in [0.2, 0.25) is 0 Å². The maximum Gasteiger partial charge on any atom is 0.261 e. The molecule has 5 rings (SSSR count). The molecule has 1 amide bonds. The lowest BCUT2D eigenvalue weighted by Gasteiger charge is -2.15. The second-order valence-corrected chi connectivity index (χ2v) is 9.74. The second-order valence-electron chi connectivity index (χ2n) is 9.74. The number of halogens is 2. The zero-order chi connectivity index (χ0) is 28.6. The second kappa shape index (κ2) is 10.7. The first-order chi connectivity index (χ1) is 19.1. The molecule has 0 saturated carbocycles. The molecule has 0 aliphatic heterocycles. The number of nitrogens with zero attached hydrogens (tertiary/aromatic N) is 3. The molecule has 3 aromatic heterocycles. The zero-order valence-electron chi connectivity index (χ0n) is 22.3. The zero-order valence-corrected chi connectivity index (χ0v) is 22.3. The molecule has 40 heavy (non-hydrogen) atoms. The first kappa shape index (κ1) is 26.7. The maximum absolute atomic E-state index is 15.0. The van der Waals surface area contributed by atoms with E-state index >= 15 is 4.39 Å². The number of aryl methyl sites for hydroxylation is 2. The number of carbonyl (C=O) groups is 1. The fourth-order valence-electron chi connectivity index (χ4n) is 4.39. The van der Waals surface area contributed by atoms with Crippen molar-refractivity contribution >= 4 is 22.6 Å². The summed E-state index contributed by atoms with van der Waals surface area (Å²) in [7, 11) is 0. The van der Waals surface area contributed by atoms with Crippen molar-refractivity contribution < 1.29 is 23.4 Å². The number of pyridine rings is 3. The summed E-state index contributed by atoms with van der Waals surface area (Å²) in [6, 6.07) is 11.6. The fraction of sp³-hybridized carbons (Fsp3) is 0.161. The Morgan fingerprint density at radius 2 is 1.75 bits per heavy atom. The first-order valence-electron chi connectivity index (χ1n) is 12.6. The normalized spacial score (nSPS) is 11.2. The predicted molar refractivity (Wildman–Crippen MR) is 149 cm³/mol. The molecule has 0 radical (unpaired) electrons. The van der Waals surface area contributed by atoms with Crippen LogP contribution in [0, 0.1) is 25.5 Å². The summed E-state index contributed by atoms with van der Waals surface area (Å²) in [6.07, 6.45) is 4.55. The summed E-state index contributed by atoms with van der Waals surface area (Å²) in [5.74, 6) is -1.56. The number of fused-ring (bicyclic) bond motifs is 1. The maximum atomic E-state index is 15.0. The van der Waals surface area contributed by atoms with E-state index in [4.69, 9.17) is 4.74 Å². The van der Waals surface area contributed by atoms with Gasteiger partial charge in [-0.1, -0.05) is 19.9 Å². The van der Waals surface area contributed by atoms with Gasteiger partial charge in [0, 0.05) is 47.7 Å². The Morgan fingerprint density at radius 3 is 2.48 bits per heavy atom. The summed E-state index contributed by atoms with van der Waals surface area (Å²) in [5.41, 5.74) is 4.10. The fourth-order valence-corrected chi connectivity index (χ4v) is 4.39. The van der Waals surface area contributed by atoms with E-state index in [2.05, 4.69) is 34.1 Å². The largest absolute Gasteiger partial charge is 0.506 e. The van der Waals surface area contributed by atoms with Crippen LogP contribution in [0.15, 0.2) is 67.1 Å². The van der Waals surface area contributed by atoms with Gasteiger partial charge in [0.25, 0.3) is 5.91 Å². The molecule has 3 heterocycles. The quantitative estimate of drug-likeness (QED) is 0.232. The molecule has 0 aliphatic rings. The number of hydrogen-bond donors (Lipinski definition) is 2. The Labute approximate surface area is 229 Å². The van der Waals surface area contributed by atoms with E-state index in [1.807, 2.05) is 6.07 Å². The average Bonchev–Trinajstić information content (AvgIpc) is 2.91. The number of ether oxygens (including phenoxy) is 1. The van der Waals surface area contributed by atoms with Gasteiger partial charge in [0.05, 0.1) is 5.52 Å². The third-order valence-electron chi connectivity index (χ3n) is 6.58. The lowest BCUT2D eigenvalue weighted by molar-refractivity contribution is 0.102. The van der Waals surface area contributed by atoms with Gasteiger partial charge in [-0.3, -0.25) is 19.7 Å². The monoisotopic (exact) mass is 540 g/mol. The lowest BCUT2D eigenvalue weighted by atomic mass is 9.96. The molecular weight excluding hydrogens is 514 g/mol. The van der Waals surface area contributed by atoms with Gasteiger partial charge < -0.3 is 15.2 Å². The van der Waals surface area contributed by atoms with Crippen LogP contribution in [-0.2, 0) is 0 Å². The van der Waals surface area contributed by atoms with Crippen LogP contribution in [0.25, 0.3) is 22.2 Å². The van der Waals surface area contributed by atoms with Gasteiger partial charge in [-0.05, 0) is 66.8 Å². The standard InChI is InChI=1S/C31H26F2N4O3/c1-16(2)19-12-25-29(36-14-19)27(9-10-34-25)40-26-8-6-21(13-24(26)33)37-31(39)23-15-35-18(4)28(30(23)38)22-7-5-20(32)11-17(22)3/h5-16H,1-4H3,(H,35,38)(H,37,39). The third kappa shape index (κ3) is 5.18. The smallest absolute Gasteiger partial charge is 0.261 e. The summed E-state index contributed by atoms with van der Waals surface area (Å²) < 4.78 is 34.5. The van der Waals surface area contributed by atoms with E-state index in [1.165, 1.54) is 36.5 Å². The minimum absolute atomic E-state index is 0.0610. The van der Waals surface area contributed by atoms with E-state index in [0.29, 0.717) is 39.2 Å².